The Balaban J connectivity index is 1.56. The molecule has 2 aromatic rings. The van der Waals surface area contributed by atoms with Crippen molar-refractivity contribution in [3.8, 4) is 5.75 Å². The van der Waals surface area contributed by atoms with Crippen molar-refractivity contribution in [2.45, 2.75) is 20.3 Å². The molecule has 1 heterocycles. The lowest BCUT2D eigenvalue weighted by Crippen LogP contribution is -2.48. The Hall–Kier alpha value is -2.53. The first-order chi connectivity index (χ1) is 13.1. The first-order valence-corrected chi connectivity index (χ1v) is 9.61. The second-order valence-corrected chi connectivity index (χ2v) is 6.95. The second-order valence-electron chi connectivity index (χ2n) is 6.95. The Morgan fingerprint density at radius 1 is 1.07 bits per heavy atom. The van der Waals surface area contributed by atoms with E-state index in [-0.39, 0.29) is 5.91 Å². The number of hydrogen-bond donors (Lipinski definition) is 1. The van der Waals surface area contributed by atoms with Crippen LogP contribution in [0, 0.1) is 6.92 Å². The van der Waals surface area contributed by atoms with Gasteiger partial charge < -0.3 is 15.0 Å². The van der Waals surface area contributed by atoms with Crippen molar-refractivity contribution in [1.29, 1.82) is 0 Å². The van der Waals surface area contributed by atoms with Crippen molar-refractivity contribution in [3.05, 3.63) is 53.6 Å². The Labute approximate surface area is 161 Å². The highest BCUT2D eigenvalue weighted by molar-refractivity contribution is 5.93. The fourth-order valence-corrected chi connectivity index (χ4v) is 3.62. The van der Waals surface area contributed by atoms with Crippen molar-refractivity contribution in [3.63, 3.8) is 0 Å². The van der Waals surface area contributed by atoms with Crippen LogP contribution in [-0.4, -0.2) is 50.6 Å². The molecule has 0 aromatic heterocycles. The lowest BCUT2D eigenvalue weighted by atomic mass is 10.1. The van der Waals surface area contributed by atoms with Gasteiger partial charge in [0.25, 0.3) is 0 Å². The molecular weight excluding hydrogens is 338 g/mol. The summed E-state index contributed by atoms with van der Waals surface area (Å²) >= 11 is 0. The van der Waals surface area contributed by atoms with Crippen molar-refractivity contribution in [2.24, 2.45) is 0 Å². The maximum Gasteiger partial charge on any atom is 0.238 e. The van der Waals surface area contributed by atoms with E-state index in [1.54, 1.807) is 7.11 Å². The number of ether oxygens (including phenoxy) is 1. The number of rotatable bonds is 6. The van der Waals surface area contributed by atoms with E-state index in [0.717, 1.165) is 55.3 Å². The van der Waals surface area contributed by atoms with E-state index < -0.39 is 0 Å². The molecule has 0 radical (unpaired) electrons. The second kappa shape index (κ2) is 8.91. The predicted octanol–water partition coefficient (Wildman–Crippen LogP) is 3.33. The molecule has 144 valence electrons. The van der Waals surface area contributed by atoms with Crippen molar-refractivity contribution >= 4 is 17.3 Å². The van der Waals surface area contributed by atoms with Crippen molar-refractivity contribution < 1.29 is 9.53 Å². The van der Waals surface area contributed by atoms with Crippen LogP contribution in [0.3, 0.4) is 0 Å². The molecule has 0 atom stereocenters. The molecule has 0 aliphatic carbocycles. The quantitative estimate of drug-likeness (QED) is 0.851. The predicted molar refractivity (Wildman–Crippen MR) is 111 cm³/mol. The van der Waals surface area contributed by atoms with E-state index in [1.807, 2.05) is 37.3 Å². The van der Waals surface area contributed by atoms with Gasteiger partial charge in [0.05, 0.1) is 19.3 Å². The van der Waals surface area contributed by atoms with Crippen LogP contribution in [-0.2, 0) is 11.2 Å². The number of anilines is 2. The lowest BCUT2D eigenvalue weighted by molar-refractivity contribution is -0.117. The van der Waals surface area contributed by atoms with Crippen LogP contribution in [0.4, 0.5) is 11.4 Å². The fourth-order valence-electron chi connectivity index (χ4n) is 3.62. The summed E-state index contributed by atoms with van der Waals surface area (Å²) in [5.41, 5.74) is 4.39. The molecule has 3 rings (SSSR count). The van der Waals surface area contributed by atoms with Crippen molar-refractivity contribution in [2.75, 3.05) is 50.1 Å². The molecule has 0 bridgehead atoms. The minimum absolute atomic E-state index is 0.0599. The summed E-state index contributed by atoms with van der Waals surface area (Å²) in [5, 5.41) is 3.12. The standard InChI is InChI=1S/C22H29N3O2/c1-4-18-9-7-8-17(2)22(18)23-21(26)16-24-12-14-25(15-13-24)19-10-5-6-11-20(19)27-3/h5-11H,4,12-16H2,1-3H3,(H,23,26). The van der Waals surface area contributed by atoms with Gasteiger partial charge in [0.2, 0.25) is 5.91 Å². The summed E-state index contributed by atoms with van der Waals surface area (Å²) in [6.07, 6.45) is 0.912. The average molecular weight is 367 g/mol. The van der Waals surface area contributed by atoms with Gasteiger partial charge in [-0.15, -0.1) is 0 Å². The summed E-state index contributed by atoms with van der Waals surface area (Å²) in [7, 11) is 1.70. The van der Waals surface area contributed by atoms with Crippen LogP contribution < -0.4 is 15.0 Å². The van der Waals surface area contributed by atoms with Crippen LogP contribution in [0.25, 0.3) is 0 Å². The van der Waals surface area contributed by atoms with Crippen LogP contribution >= 0.6 is 0 Å². The van der Waals surface area contributed by atoms with Crippen LogP contribution in [0.2, 0.25) is 0 Å². The third-order valence-corrected chi connectivity index (χ3v) is 5.17. The molecule has 1 aliphatic rings. The van der Waals surface area contributed by atoms with Gasteiger partial charge in [0, 0.05) is 31.9 Å². The number of hydrogen-bond acceptors (Lipinski definition) is 4. The highest BCUT2D eigenvalue weighted by Crippen LogP contribution is 2.28. The SMILES string of the molecule is CCc1cccc(C)c1NC(=O)CN1CCN(c2ccccc2OC)CC1. The lowest BCUT2D eigenvalue weighted by Gasteiger charge is -2.36. The Bertz CT molecular complexity index is 783. The fraction of sp³-hybridized carbons (Fsp3) is 0.409. The van der Waals surface area contributed by atoms with E-state index in [1.165, 1.54) is 5.56 Å². The Morgan fingerprint density at radius 2 is 1.81 bits per heavy atom. The number of nitrogens with one attached hydrogen (secondary N) is 1. The smallest absolute Gasteiger partial charge is 0.238 e. The van der Waals surface area contributed by atoms with Crippen LogP contribution in [0.1, 0.15) is 18.1 Å². The maximum absolute atomic E-state index is 12.6. The molecule has 2 aromatic carbocycles. The van der Waals surface area contributed by atoms with Crippen LogP contribution in [0.5, 0.6) is 5.75 Å². The van der Waals surface area contributed by atoms with Crippen molar-refractivity contribution in [1.82, 2.24) is 4.90 Å². The molecule has 1 N–H and O–H groups in total. The molecule has 1 saturated heterocycles. The zero-order valence-corrected chi connectivity index (χ0v) is 16.5. The third-order valence-electron chi connectivity index (χ3n) is 5.17. The minimum Gasteiger partial charge on any atom is -0.495 e. The molecule has 5 nitrogen and oxygen atoms in total. The van der Waals surface area contributed by atoms with E-state index in [9.17, 15) is 4.79 Å². The van der Waals surface area contributed by atoms with Gasteiger partial charge in [-0.05, 0) is 36.6 Å². The Kier molecular flexibility index (Phi) is 6.35. The zero-order valence-electron chi connectivity index (χ0n) is 16.5. The van der Waals surface area contributed by atoms with Gasteiger partial charge in [0.1, 0.15) is 5.75 Å². The average Bonchev–Trinajstić information content (AvgIpc) is 2.70. The topological polar surface area (TPSA) is 44.8 Å². The molecule has 27 heavy (non-hydrogen) atoms. The van der Waals surface area contributed by atoms with Gasteiger partial charge in [-0.3, -0.25) is 9.69 Å². The molecule has 1 aliphatic heterocycles. The summed E-state index contributed by atoms with van der Waals surface area (Å²) < 4.78 is 5.47. The largest absolute Gasteiger partial charge is 0.495 e. The number of methoxy groups -OCH3 is 1. The zero-order chi connectivity index (χ0) is 19.2. The monoisotopic (exact) mass is 367 g/mol. The van der Waals surface area contributed by atoms with E-state index >= 15 is 0 Å². The highest BCUT2D eigenvalue weighted by Gasteiger charge is 2.21. The third kappa shape index (κ3) is 4.61. The maximum atomic E-state index is 12.6. The first-order valence-electron chi connectivity index (χ1n) is 9.61. The van der Waals surface area contributed by atoms with Crippen LogP contribution in [0.15, 0.2) is 42.5 Å². The van der Waals surface area contributed by atoms with Gasteiger partial charge in [-0.2, -0.15) is 0 Å². The number of carbonyl (C=O) groups is 1. The minimum atomic E-state index is 0.0599. The van der Waals surface area contributed by atoms with Gasteiger partial charge in [0.15, 0.2) is 0 Å². The number of aryl methyl sites for hydroxylation is 2. The van der Waals surface area contributed by atoms with Gasteiger partial charge in [-0.1, -0.05) is 37.3 Å². The summed E-state index contributed by atoms with van der Waals surface area (Å²) in [5.74, 6) is 0.958. The molecule has 5 heteroatoms. The van der Waals surface area contributed by atoms with E-state index in [0.29, 0.717) is 6.54 Å². The molecule has 0 saturated carbocycles. The number of benzene rings is 2. The number of carbonyl (C=O) groups excluding carboxylic acids is 1. The summed E-state index contributed by atoms with van der Waals surface area (Å²) in [6, 6.07) is 14.3. The molecule has 0 spiro atoms. The first kappa shape index (κ1) is 19.2. The van der Waals surface area contributed by atoms with Gasteiger partial charge >= 0.3 is 0 Å². The Morgan fingerprint density at radius 3 is 2.52 bits per heavy atom. The summed E-state index contributed by atoms with van der Waals surface area (Å²) in [6.45, 7) is 8.08. The number of amides is 1. The van der Waals surface area contributed by atoms with Gasteiger partial charge in [-0.25, -0.2) is 0 Å². The molecule has 1 amide bonds. The highest BCUT2D eigenvalue weighted by atomic mass is 16.5. The number of para-hydroxylation sites is 3. The molecule has 1 fully saturated rings. The number of nitrogens with zero attached hydrogens (tertiary/aromatic N) is 2. The molecular formula is C22H29N3O2. The van der Waals surface area contributed by atoms with E-state index in [4.69, 9.17) is 4.74 Å². The molecule has 0 unspecified atom stereocenters. The number of piperazine rings is 1. The van der Waals surface area contributed by atoms with E-state index in [2.05, 4.69) is 34.2 Å². The summed E-state index contributed by atoms with van der Waals surface area (Å²) in [4.78, 5) is 17.1. The normalized spacial score (nSPS) is 14.9.